The van der Waals surface area contributed by atoms with Crippen molar-refractivity contribution in [2.75, 3.05) is 6.54 Å². The third-order valence-electron chi connectivity index (χ3n) is 4.55. The molecule has 1 aromatic heterocycles. The fraction of sp³-hybridized carbons (Fsp3) is 0.182. The first kappa shape index (κ1) is 19.4. The lowest BCUT2D eigenvalue weighted by molar-refractivity contribution is -0.124. The Balaban J connectivity index is 1.41. The number of para-hydroxylation sites is 1. The normalized spacial score (nSPS) is 11.0. The zero-order valence-electron chi connectivity index (χ0n) is 15.4. The summed E-state index contributed by atoms with van der Waals surface area (Å²) in [5.74, 6) is -0.545. The van der Waals surface area contributed by atoms with Crippen LogP contribution in [0.4, 0.5) is 0 Å². The number of fused-ring (bicyclic) bond motifs is 1. The first-order valence-corrected chi connectivity index (χ1v) is 9.18. The Kier molecular flexibility index (Phi) is 6.59. The molecule has 28 heavy (non-hydrogen) atoms. The number of hydroxylamine groups is 1. The molecule has 1 heterocycles. The molecule has 144 valence electrons. The van der Waals surface area contributed by atoms with E-state index in [0.29, 0.717) is 19.4 Å². The molecule has 0 spiro atoms. The minimum absolute atomic E-state index is 0.0310. The molecule has 0 fully saturated rings. The minimum atomic E-state index is -0.576. The second-order valence-electron chi connectivity index (χ2n) is 6.51. The molecule has 0 aliphatic rings. The van der Waals surface area contributed by atoms with Crippen LogP contribution in [0.2, 0.25) is 0 Å². The Morgan fingerprint density at radius 2 is 1.82 bits per heavy atom. The Labute approximate surface area is 163 Å². The molecule has 3 rings (SSSR count). The first-order valence-electron chi connectivity index (χ1n) is 9.18. The van der Waals surface area contributed by atoms with E-state index in [4.69, 9.17) is 5.21 Å². The molecule has 2 amide bonds. The van der Waals surface area contributed by atoms with Crippen LogP contribution in [0.1, 0.15) is 23.1 Å². The van der Waals surface area contributed by atoms with E-state index < -0.39 is 5.91 Å². The van der Waals surface area contributed by atoms with Crippen molar-refractivity contribution in [1.29, 1.82) is 0 Å². The fourth-order valence-corrected chi connectivity index (χ4v) is 3.03. The Hall–Kier alpha value is -3.38. The highest BCUT2D eigenvalue weighted by molar-refractivity contribution is 5.90. The number of H-pyrrole nitrogens is 1. The number of aromatic nitrogens is 1. The van der Waals surface area contributed by atoms with Gasteiger partial charge in [0.25, 0.3) is 5.91 Å². The van der Waals surface area contributed by atoms with Crippen LogP contribution in [-0.2, 0) is 22.4 Å². The van der Waals surface area contributed by atoms with Crippen molar-refractivity contribution in [3.63, 3.8) is 0 Å². The van der Waals surface area contributed by atoms with Crippen LogP contribution in [0.25, 0.3) is 17.0 Å². The van der Waals surface area contributed by atoms with E-state index in [1.54, 1.807) is 11.6 Å². The highest BCUT2D eigenvalue weighted by Gasteiger charge is 2.05. The summed E-state index contributed by atoms with van der Waals surface area (Å²) in [5, 5.41) is 12.6. The van der Waals surface area contributed by atoms with E-state index in [-0.39, 0.29) is 5.91 Å². The number of aryl methyl sites for hydroxylation is 1. The number of aromatic amines is 1. The average Bonchev–Trinajstić information content (AvgIpc) is 3.14. The maximum absolute atomic E-state index is 12.1. The van der Waals surface area contributed by atoms with Gasteiger partial charge in [0.2, 0.25) is 5.91 Å². The van der Waals surface area contributed by atoms with Crippen molar-refractivity contribution in [3.8, 4) is 0 Å². The highest BCUT2D eigenvalue weighted by Crippen LogP contribution is 2.17. The monoisotopic (exact) mass is 377 g/mol. The predicted octanol–water partition coefficient (Wildman–Crippen LogP) is 2.98. The van der Waals surface area contributed by atoms with Gasteiger partial charge in [-0.25, -0.2) is 5.48 Å². The second-order valence-corrected chi connectivity index (χ2v) is 6.51. The molecule has 0 unspecified atom stereocenters. The van der Waals surface area contributed by atoms with Gasteiger partial charge < -0.3 is 10.3 Å². The summed E-state index contributed by atoms with van der Waals surface area (Å²) >= 11 is 0. The summed E-state index contributed by atoms with van der Waals surface area (Å²) in [6.45, 7) is 0.608. The summed E-state index contributed by atoms with van der Waals surface area (Å²) in [4.78, 5) is 26.3. The lowest BCUT2D eigenvalue weighted by Crippen LogP contribution is -2.25. The van der Waals surface area contributed by atoms with Gasteiger partial charge in [0, 0.05) is 36.1 Å². The zero-order chi connectivity index (χ0) is 19.8. The highest BCUT2D eigenvalue weighted by atomic mass is 16.5. The predicted molar refractivity (Wildman–Crippen MR) is 109 cm³/mol. The summed E-state index contributed by atoms with van der Waals surface area (Å²) in [6.07, 6.45) is 6.72. The van der Waals surface area contributed by atoms with Crippen LogP contribution < -0.4 is 10.8 Å². The van der Waals surface area contributed by atoms with E-state index >= 15 is 0 Å². The van der Waals surface area contributed by atoms with Crippen LogP contribution in [0.5, 0.6) is 0 Å². The maximum atomic E-state index is 12.1. The van der Waals surface area contributed by atoms with Gasteiger partial charge in [0.1, 0.15) is 0 Å². The van der Waals surface area contributed by atoms with E-state index in [9.17, 15) is 9.59 Å². The van der Waals surface area contributed by atoms with E-state index in [0.717, 1.165) is 23.1 Å². The Morgan fingerprint density at radius 1 is 1.04 bits per heavy atom. The number of nitrogens with one attached hydrogen (secondary N) is 3. The average molecular weight is 377 g/mol. The maximum Gasteiger partial charge on any atom is 0.267 e. The molecule has 0 atom stereocenters. The van der Waals surface area contributed by atoms with Crippen molar-refractivity contribution in [1.82, 2.24) is 15.8 Å². The molecule has 0 aliphatic carbocycles. The number of hydrogen-bond donors (Lipinski definition) is 4. The minimum Gasteiger partial charge on any atom is -0.361 e. The van der Waals surface area contributed by atoms with Gasteiger partial charge in [-0.1, -0.05) is 42.5 Å². The number of benzene rings is 2. The van der Waals surface area contributed by atoms with Gasteiger partial charge in [-0.05, 0) is 41.7 Å². The van der Waals surface area contributed by atoms with Crippen LogP contribution >= 0.6 is 0 Å². The summed E-state index contributed by atoms with van der Waals surface area (Å²) in [7, 11) is 0. The molecule has 6 nitrogen and oxygen atoms in total. The summed E-state index contributed by atoms with van der Waals surface area (Å²) in [5.41, 5.74) is 5.75. The van der Waals surface area contributed by atoms with Crippen molar-refractivity contribution in [2.45, 2.75) is 19.3 Å². The second kappa shape index (κ2) is 9.53. The van der Waals surface area contributed by atoms with Gasteiger partial charge >= 0.3 is 0 Å². The lowest BCUT2D eigenvalue weighted by Gasteiger charge is -2.05. The fourth-order valence-electron chi connectivity index (χ4n) is 3.03. The van der Waals surface area contributed by atoms with Crippen LogP contribution in [0.15, 0.2) is 60.8 Å². The third-order valence-corrected chi connectivity index (χ3v) is 4.55. The molecule has 0 saturated carbocycles. The molecule has 3 aromatic rings. The molecule has 0 aliphatic heterocycles. The van der Waals surface area contributed by atoms with Gasteiger partial charge in [0.05, 0.1) is 0 Å². The molecule has 0 radical (unpaired) electrons. The number of carbonyl (C=O) groups is 2. The molecule has 4 N–H and O–H groups in total. The number of hydrogen-bond acceptors (Lipinski definition) is 3. The van der Waals surface area contributed by atoms with Crippen molar-refractivity contribution in [2.24, 2.45) is 0 Å². The summed E-state index contributed by atoms with van der Waals surface area (Å²) in [6, 6.07) is 15.7. The third kappa shape index (κ3) is 5.31. The topological polar surface area (TPSA) is 94.2 Å². The van der Waals surface area contributed by atoms with Gasteiger partial charge in [-0.3, -0.25) is 14.8 Å². The molecule has 2 aromatic carbocycles. The molecular formula is C22H23N3O3. The van der Waals surface area contributed by atoms with Crippen molar-refractivity contribution in [3.05, 3.63) is 77.5 Å². The van der Waals surface area contributed by atoms with E-state index in [1.807, 2.05) is 48.7 Å². The first-order chi connectivity index (χ1) is 13.7. The van der Waals surface area contributed by atoms with Crippen LogP contribution in [0, 0.1) is 0 Å². The quantitative estimate of drug-likeness (QED) is 0.276. The molecule has 0 bridgehead atoms. The Morgan fingerprint density at radius 3 is 2.61 bits per heavy atom. The lowest BCUT2D eigenvalue weighted by atomic mass is 10.1. The van der Waals surface area contributed by atoms with Crippen molar-refractivity contribution >= 4 is 28.8 Å². The standard InChI is InChI=1S/C22H23N3O3/c26-21(23-14-13-18-15-24-20-4-2-1-3-19(18)20)11-9-16-5-7-17(8-6-16)10-12-22(27)25-28/h1-8,10,12,15,24,28H,9,11,13-14H2,(H,23,26)(H,25,27). The van der Waals surface area contributed by atoms with Crippen LogP contribution in [0.3, 0.4) is 0 Å². The number of amides is 2. The SMILES string of the molecule is O=C(C=Cc1ccc(CCC(=O)NCCc2c[nH]c3ccccc23)cc1)NO. The van der Waals surface area contributed by atoms with E-state index in [2.05, 4.69) is 16.4 Å². The van der Waals surface area contributed by atoms with Gasteiger partial charge in [-0.15, -0.1) is 0 Å². The molecular weight excluding hydrogens is 354 g/mol. The summed E-state index contributed by atoms with van der Waals surface area (Å²) < 4.78 is 0. The molecule has 6 heteroatoms. The van der Waals surface area contributed by atoms with Gasteiger partial charge in [-0.2, -0.15) is 0 Å². The van der Waals surface area contributed by atoms with Gasteiger partial charge in [0.15, 0.2) is 0 Å². The van der Waals surface area contributed by atoms with E-state index in [1.165, 1.54) is 17.0 Å². The zero-order valence-corrected chi connectivity index (χ0v) is 15.4. The Bertz CT molecular complexity index is 974. The number of carbonyl (C=O) groups excluding carboxylic acids is 2. The molecule has 0 saturated heterocycles. The number of rotatable bonds is 8. The van der Waals surface area contributed by atoms with Crippen molar-refractivity contribution < 1.29 is 14.8 Å². The van der Waals surface area contributed by atoms with Crippen LogP contribution in [-0.4, -0.2) is 28.6 Å². The smallest absolute Gasteiger partial charge is 0.267 e. The largest absolute Gasteiger partial charge is 0.361 e.